The van der Waals surface area contributed by atoms with Crippen molar-refractivity contribution < 1.29 is 18.7 Å². The molecule has 0 aliphatic heterocycles. The van der Waals surface area contributed by atoms with Gasteiger partial charge in [-0.05, 0) is 48.5 Å². The van der Waals surface area contributed by atoms with E-state index in [1.165, 1.54) is 12.1 Å². The highest BCUT2D eigenvalue weighted by Gasteiger charge is 2.10. The summed E-state index contributed by atoms with van der Waals surface area (Å²) in [5.74, 6) is -1.70. The highest BCUT2D eigenvalue weighted by Crippen LogP contribution is 2.20. The lowest BCUT2D eigenvalue weighted by Crippen LogP contribution is -2.04. The van der Waals surface area contributed by atoms with Crippen LogP contribution in [0.5, 0.6) is 0 Å². The summed E-state index contributed by atoms with van der Waals surface area (Å²) in [6.45, 7) is 0.122. The molecule has 2 aromatic heterocycles. The molecule has 0 fully saturated rings. The van der Waals surface area contributed by atoms with Crippen LogP contribution in [0.2, 0.25) is 0 Å². The number of carboxylic acids is 1. The molecule has 2 heterocycles. The molecule has 0 radical (unpaired) electrons. The highest BCUT2D eigenvalue weighted by molar-refractivity contribution is 5.88. The summed E-state index contributed by atoms with van der Waals surface area (Å²) in [7, 11) is 0. The molecular formula is C20H14F2N4O2. The summed E-state index contributed by atoms with van der Waals surface area (Å²) in [5, 5.41) is 12.7. The Balaban J connectivity index is 1.62. The largest absolute Gasteiger partial charge is 0.478 e. The maximum Gasteiger partial charge on any atom is 0.335 e. The van der Waals surface area contributed by atoms with Crippen molar-refractivity contribution in [3.8, 4) is 0 Å². The Hall–Kier alpha value is -3.81. The van der Waals surface area contributed by atoms with Crippen molar-refractivity contribution >= 4 is 28.6 Å². The second kappa shape index (κ2) is 7.07. The SMILES string of the molecule is O=C(O)c1ccc(Nc2ncc3ccn(Cc4cc(F)ccc4F)c3n2)cc1. The normalized spacial score (nSPS) is 10.9. The lowest BCUT2D eigenvalue weighted by Gasteiger charge is -2.08. The van der Waals surface area contributed by atoms with Crippen LogP contribution in [-0.4, -0.2) is 25.6 Å². The monoisotopic (exact) mass is 380 g/mol. The number of halogens is 2. The smallest absolute Gasteiger partial charge is 0.335 e. The minimum atomic E-state index is -1.01. The predicted octanol–water partition coefficient (Wildman–Crippen LogP) is 4.20. The van der Waals surface area contributed by atoms with Crippen LogP contribution in [0.15, 0.2) is 60.9 Å². The number of nitrogens with zero attached hydrogens (tertiary/aromatic N) is 3. The van der Waals surface area contributed by atoms with E-state index in [9.17, 15) is 13.6 Å². The van der Waals surface area contributed by atoms with Crippen LogP contribution in [0.3, 0.4) is 0 Å². The highest BCUT2D eigenvalue weighted by atomic mass is 19.1. The first-order valence-corrected chi connectivity index (χ1v) is 8.36. The number of nitrogens with one attached hydrogen (secondary N) is 1. The second-order valence-corrected chi connectivity index (χ2v) is 6.16. The van der Waals surface area contributed by atoms with Crippen LogP contribution in [-0.2, 0) is 6.54 Å². The zero-order valence-corrected chi connectivity index (χ0v) is 14.4. The van der Waals surface area contributed by atoms with E-state index in [0.29, 0.717) is 17.3 Å². The zero-order chi connectivity index (χ0) is 19.7. The van der Waals surface area contributed by atoms with Crippen LogP contribution >= 0.6 is 0 Å². The van der Waals surface area contributed by atoms with Gasteiger partial charge >= 0.3 is 5.97 Å². The number of benzene rings is 2. The van der Waals surface area contributed by atoms with Crippen LogP contribution < -0.4 is 5.32 Å². The molecule has 0 spiro atoms. The van der Waals surface area contributed by atoms with E-state index in [1.54, 1.807) is 35.2 Å². The molecule has 0 saturated heterocycles. The van der Waals surface area contributed by atoms with Crippen molar-refractivity contribution in [3.63, 3.8) is 0 Å². The number of aromatic carboxylic acids is 1. The van der Waals surface area contributed by atoms with Gasteiger partial charge in [-0.2, -0.15) is 4.98 Å². The zero-order valence-electron chi connectivity index (χ0n) is 14.4. The Morgan fingerprint density at radius 1 is 1.11 bits per heavy atom. The lowest BCUT2D eigenvalue weighted by molar-refractivity contribution is 0.0697. The summed E-state index contributed by atoms with van der Waals surface area (Å²) in [5.41, 5.74) is 1.57. The third-order valence-electron chi connectivity index (χ3n) is 4.24. The molecule has 6 nitrogen and oxygen atoms in total. The van der Waals surface area contributed by atoms with Gasteiger partial charge in [-0.1, -0.05) is 0 Å². The molecule has 0 bridgehead atoms. The molecular weight excluding hydrogens is 366 g/mol. The van der Waals surface area contributed by atoms with Crippen molar-refractivity contribution in [2.45, 2.75) is 6.54 Å². The van der Waals surface area contributed by atoms with Crippen molar-refractivity contribution in [1.82, 2.24) is 14.5 Å². The van der Waals surface area contributed by atoms with Gasteiger partial charge in [0.05, 0.1) is 12.1 Å². The van der Waals surface area contributed by atoms with E-state index >= 15 is 0 Å². The number of fused-ring (bicyclic) bond motifs is 1. The molecule has 4 rings (SSSR count). The fourth-order valence-corrected chi connectivity index (χ4v) is 2.83. The van der Waals surface area contributed by atoms with Crippen LogP contribution in [0.4, 0.5) is 20.4 Å². The predicted molar refractivity (Wildman–Crippen MR) is 99.7 cm³/mol. The molecule has 0 aliphatic carbocycles. The number of aromatic nitrogens is 3. The Morgan fingerprint density at radius 3 is 2.64 bits per heavy atom. The van der Waals surface area contributed by atoms with E-state index in [1.807, 2.05) is 0 Å². The van der Waals surface area contributed by atoms with Gasteiger partial charge in [-0.15, -0.1) is 0 Å². The van der Waals surface area contributed by atoms with Crippen LogP contribution in [0, 0.1) is 11.6 Å². The maximum atomic E-state index is 14.0. The molecule has 2 aromatic carbocycles. The number of rotatable bonds is 5. The number of hydrogen-bond donors (Lipinski definition) is 2. The molecule has 8 heteroatoms. The number of carbonyl (C=O) groups is 1. The average molecular weight is 380 g/mol. The van der Waals surface area contributed by atoms with Crippen LogP contribution in [0.1, 0.15) is 15.9 Å². The summed E-state index contributed by atoms with van der Waals surface area (Å²) < 4.78 is 29.1. The van der Waals surface area contributed by atoms with Gasteiger partial charge in [-0.3, -0.25) is 0 Å². The van der Waals surface area contributed by atoms with E-state index in [2.05, 4.69) is 15.3 Å². The molecule has 4 aromatic rings. The van der Waals surface area contributed by atoms with E-state index in [-0.39, 0.29) is 17.7 Å². The Kier molecular flexibility index (Phi) is 4.44. The van der Waals surface area contributed by atoms with E-state index in [0.717, 1.165) is 23.6 Å². The minimum Gasteiger partial charge on any atom is -0.478 e. The average Bonchev–Trinajstić information content (AvgIpc) is 3.07. The Morgan fingerprint density at radius 2 is 1.89 bits per heavy atom. The number of hydrogen-bond acceptors (Lipinski definition) is 4. The second-order valence-electron chi connectivity index (χ2n) is 6.16. The minimum absolute atomic E-state index is 0.122. The van der Waals surface area contributed by atoms with Crippen molar-refractivity contribution in [2.75, 3.05) is 5.32 Å². The molecule has 0 aliphatic rings. The number of anilines is 2. The van der Waals surface area contributed by atoms with Gasteiger partial charge in [0.15, 0.2) is 0 Å². The standard InChI is InChI=1S/C20H14F2N4O2/c21-15-3-6-17(22)14(9-15)11-26-8-7-13-10-23-20(25-18(13)26)24-16-4-1-12(2-5-16)19(27)28/h1-10H,11H2,(H,27,28)(H,23,24,25). The van der Waals surface area contributed by atoms with Gasteiger partial charge in [-0.25, -0.2) is 18.6 Å². The van der Waals surface area contributed by atoms with E-state index < -0.39 is 17.6 Å². The lowest BCUT2D eigenvalue weighted by atomic mass is 10.2. The summed E-state index contributed by atoms with van der Waals surface area (Å²) in [4.78, 5) is 19.6. The first-order chi connectivity index (χ1) is 13.5. The fraction of sp³-hybridized carbons (Fsp3) is 0.0500. The summed E-state index contributed by atoms with van der Waals surface area (Å²) in [6.07, 6.45) is 3.35. The Labute approximate surface area is 158 Å². The van der Waals surface area contributed by atoms with Gasteiger partial charge < -0.3 is 15.0 Å². The molecule has 0 saturated carbocycles. The molecule has 2 N–H and O–H groups in total. The maximum absolute atomic E-state index is 14.0. The molecule has 28 heavy (non-hydrogen) atoms. The molecule has 0 atom stereocenters. The quantitative estimate of drug-likeness (QED) is 0.542. The summed E-state index contributed by atoms with van der Waals surface area (Å²) >= 11 is 0. The van der Waals surface area contributed by atoms with Gasteiger partial charge in [0, 0.05) is 29.0 Å². The van der Waals surface area contributed by atoms with E-state index in [4.69, 9.17) is 5.11 Å². The first kappa shape index (κ1) is 17.6. The fourth-order valence-electron chi connectivity index (χ4n) is 2.83. The summed E-state index contributed by atoms with van der Waals surface area (Å²) in [6, 6.07) is 11.3. The molecule has 0 unspecified atom stereocenters. The Bertz CT molecular complexity index is 1170. The third-order valence-corrected chi connectivity index (χ3v) is 4.24. The van der Waals surface area contributed by atoms with Gasteiger partial charge in [0.25, 0.3) is 0 Å². The number of carboxylic acid groups (broad SMARTS) is 1. The van der Waals surface area contributed by atoms with Gasteiger partial charge in [0.1, 0.15) is 17.3 Å². The molecule has 0 amide bonds. The van der Waals surface area contributed by atoms with Gasteiger partial charge in [0.2, 0.25) is 5.95 Å². The van der Waals surface area contributed by atoms with Crippen LogP contribution in [0.25, 0.3) is 11.0 Å². The first-order valence-electron chi connectivity index (χ1n) is 8.36. The molecule has 140 valence electrons. The van der Waals surface area contributed by atoms with Crippen molar-refractivity contribution in [1.29, 1.82) is 0 Å². The third kappa shape index (κ3) is 3.52. The van der Waals surface area contributed by atoms with Crippen molar-refractivity contribution in [3.05, 3.63) is 83.7 Å². The van der Waals surface area contributed by atoms with Crippen molar-refractivity contribution in [2.24, 2.45) is 0 Å². The topological polar surface area (TPSA) is 80.0 Å².